The second-order valence-electron chi connectivity index (χ2n) is 5.53. The quantitative estimate of drug-likeness (QED) is 0.660. The molecule has 0 heterocycles. The minimum Gasteiger partial charge on any atom is -0.313 e. The Labute approximate surface area is 82.6 Å². The zero-order valence-corrected chi connectivity index (χ0v) is 9.86. The van der Waals surface area contributed by atoms with Crippen molar-refractivity contribution in [3.63, 3.8) is 0 Å². The Morgan fingerprint density at radius 2 is 1.62 bits per heavy atom. The van der Waals surface area contributed by atoms with Crippen LogP contribution in [0.15, 0.2) is 12.2 Å². The van der Waals surface area contributed by atoms with Gasteiger partial charge in [-0.05, 0) is 30.7 Å². The second-order valence-corrected chi connectivity index (χ2v) is 5.53. The van der Waals surface area contributed by atoms with Crippen LogP contribution in [0, 0.1) is 16.7 Å². The first-order valence-corrected chi connectivity index (χ1v) is 5.09. The molecule has 76 valence electrons. The Morgan fingerprint density at radius 3 is 1.69 bits per heavy atom. The summed E-state index contributed by atoms with van der Waals surface area (Å²) in [5, 5.41) is 3.38. The van der Waals surface area contributed by atoms with Crippen molar-refractivity contribution in [2.45, 2.75) is 40.7 Å². The summed E-state index contributed by atoms with van der Waals surface area (Å²) in [6, 6.07) is 0.477. The van der Waals surface area contributed by atoms with Gasteiger partial charge < -0.3 is 5.32 Å². The van der Waals surface area contributed by atoms with Crippen molar-refractivity contribution in [3.05, 3.63) is 12.2 Å². The SMILES string of the molecule is C=C(C)C(NC)C1C(C)(C)C1(C)C. The molecule has 0 aromatic carbocycles. The first kappa shape index (κ1) is 10.8. The first-order chi connectivity index (χ1) is 5.76. The molecule has 1 fully saturated rings. The van der Waals surface area contributed by atoms with Crippen LogP contribution in [-0.2, 0) is 0 Å². The number of rotatable bonds is 3. The van der Waals surface area contributed by atoms with Crippen molar-refractivity contribution < 1.29 is 0 Å². The number of likely N-dealkylation sites (N-methyl/N-ethyl adjacent to an activating group) is 1. The zero-order chi connectivity index (χ0) is 10.4. The Bertz CT molecular complexity index is 211. The van der Waals surface area contributed by atoms with Crippen LogP contribution in [0.4, 0.5) is 0 Å². The Morgan fingerprint density at radius 1 is 1.23 bits per heavy atom. The van der Waals surface area contributed by atoms with Crippen LogP contribution in [0.25, 0.3) is 0 Å². The molecule has 1 heteroatoms. The van der Waals surface area contributed by atoms with Gasteiger partial charge in [0.15, 0.2) is 0 Å². The average molecular weight is 181 g/mol. The van der Waals surface area contributed by atoms with Crippen LogP contribution in [0.1, 0.15) is 34.6 Å². The Kier molecular flexibility index (Phi) is 2.36. The van der Waals surface area contributed by atoms with Crippen LogP contribution in [-0.4, -0.2) is 13.1 Å². The van der Waals surface area contributed by atoms with E-state index in [1.807, 2.05) is 7.05 Å². The van der Waals surface area contributed by atoms with Crippen molar-refractivity contribution in [3.8, 4) is 0 Å². The number of nitrogens with one attached hydrogen (secondary N) is 1. The fraction of sp³-hybridized carbons (Fsp3) is 0.833. The molecule has 1 nitrogen and oxygen atoms in total. The van der Waals surface area contributed by atoms with Gasteiger partial charge >= 0.3 is 0 Å². The van der Waals surface area contributed by atoms with Gasteiger partial charge in [-0.1, -0.05) is 39.8 Å². The van der Waals surface area contributed by atoms with Crippen LogP contribution >= 0.6 is 0 Å². The molecule has 1 atom stereocenters. The lowest BCUT2D eigenvalue weighted by molar-refractivity contribution is 0.457. The monoisotopic (exact) mass is 181 g/mol. The third-order valence-electron chi connectivity index (χ3n) is 4.31. The molecule has 0 amide bonds. The molecular formula is C12H23N. The van der Waals surface area contributed by atoms with E-state index < -0.39 is 0 Å². The summed E-state index contributed by atoms with van der Waals surface area (Å²) in [4.78, 5) is 0. The lowest BCUT2D eigenvalue weighted by Crippen LogP contribution is -2.30. The number of hydrogen-bond acceptors (Lipinski definition) is 1. The predicted octanol–water partition coefficient (Wildman–Crippen LogP) is 2.83. The van der Waals surface area contributed by atoms with Crippen molar-refractivity contribution in [2.24, 2.45) is 16.7 Å². The molecule has 0 aromatic heterocycles. The molecule has 0 spiro atoms. The third-order valence-corrected chi connectivity index (χ3v) is 4.31. The summed E-state index contributed by atoms with van der Waals surface area (Å²) < 4.78 is 0. The van der Waals surface area contributed by atoms with E-state index in [0.717, 1.165) is 5.92 Å². The van der Waals surface area contributed by atoms with Gasteiger partial charge in [0.05, 0.1) is 0 Å². The van der Waals surface area contributed by atoms with Crippen molar-refractivity contribution >= 4 is 0 Å². The smallest absolute Gasteiger partial charge is 0.0310 e. The molecule has 1 rings (SSSR count). The topological polar surface area (TPSA) is 12.0 Å². The summed E-state index contributed by atoms with van der Waals surface area (Å²) >= 11 is 0. The van der Waals surface area contributed by atoms with Gasteiger partial charge in [0.2, 0.25) is 0 Å². The van der Waals surface area contributed by atoms with Crippen LogP contribution in [0.5, 0.6) is 0 Å². The van der Waals surface area contributed by atoms with Gasteiger partial charge in [0, 0.05) is 6.04 Å². The van der Waals surface area contributed by atoms with E-state index in [-0.39, 0.29) is 0 Å². The molecule has 1 aliphatic carbocycles. The maximum atomic E-state index is 4.06. The lowest BCUT2D eigenvalue weighted by Gasteiger charge is -2.18. The highest BCUT2D eigenvalue weighted by Crippen LogP contribution is 2.70. The molecule has 13 heavy (non-hydrogen) atoms. The van der Waals surface area contributed by atoms with E-state index in [4.69, 9.17) is 0 Å². The second kappa shape index (κ2) is 2.84. The lowest BCUT2D eigenvalue weighted by atomic mass is 9.99. The first-order valence-electron chi connectivity index (χ1n) is 5.09. The predicted molar refractivity (Wildman–Crippen MR) is 58.7 cm³/mol. The fourth-order valence-corrected chi connectivity index (χ4v) is 2.78. The molecule has 0 saturated heterocycles. The summed E-state index contributed by atoms with van der Waals surface area (Å²) in [6.07, 6.45) is 0. The summed E-state index contributed by atoms with van der Waals surface area (Å²) in [6.45, 7) is 15.6. The molecule has 0 aliphatic heterocycles. The van der Waals surface area contributed by atoms with Gasteiger partial charge in [-0.2, -0.15) is 0 Å². The third kappa shape index (κ3) is 1.34. The maximum absolute atomic E-state index is 4.06. The Hall–Kier alpha value is -0.300. The van der Waals surface area contributed by atoms with E-state index in [2.05, 4.69) is 46.5 Å². The summed E-state index contributed by atoms with van der Waals surface area (Å²) in [5.41, 5.74) is 2.14. The summed E-state index contributed by atoms with van der Waals surface area (Å²) in [7, 11) is 2.03. The zero-order valence-electron chi connectivity index (χ0n) is 9.86. The van der Waals surface area contributed by atoms with Crippen LogP contribution in [0.3, 0.4) is 0 Å². The normalized spacial score (nSPS) is 26.9. The highest BCUT2D eigenvalue weighted by atomic mass is 14.9. The minimum absolute atomic E-state index is 0.444. The van der Waals surface area contributed by atoms with E-state index in [1.54, 1.807) is 0 Å². The molecule has 1 N–H and O–H groups in total. The molecule has 0 aromatic rings. The van der Waals surface area contributed by atoms with Gasteiger partial charge in [0.1, 0.15) is 0 Å². The molecule has 1 unspecified atom stereocenters. The number of hydrogen-bond donors (Lipinski definition) is 1. The molecule has 1 saturated carbocycles. The van der Waals surface area contributed by atoms with Crippen LogP contribution in [0.2, 0.25) is 0 Å². The minimum atomic E-state index is 0.444. The highest BCUT2D eigenvalue weighted by molar-refractivity contribution is 5.22. The van der Waals surface area contributed by atoms with Crippen molar-refractivity contribution in [2.75, 3.05) is 7.05 Å². The van der Waals surface area contributed by atoms with Gasteiger partial charge in [-0.25, -0.2) is 0 Å². The van der Waals surface area contributed by atoms with Crippen molar-refractivity contribution in [1.82, 2.24) is 5.32 Å². The van der Waals surface area contributed by atoms with E-state index in [1.165, 1.54) is 5.57 Å². The standard InChI is InChI=1S/C12H23N/c1-8(2)9(13-7)10-11(3,4)12(10,5)6/h9-10,13H,1H2,2-7H3. The highest BCUT2D eigenvalue weighted by Gasteiger charge is 2.66. The van der Waals surface area contributed by atoms with Gasteiger partial charge in [-0.3, -0.25) is 0 Å². The molecule has 1 aliphatic rings. The van der Waals surface area contributed by atoms with E-state index in [9.17, 15) is 0 Å². The average Bonchev–Trinajstić information content (AvgIpc) is 2.32. The van der Waals surface area contributed by atoms with Gasteiger partial charge in [-0.15, -0.1) is 0 Å². The van der Waals surface area contributed by atoms with Gasteiger partial charge in [0.25, 0.3) is 0 Å². The van der Waals surface area contributed by atoms with Crippen LogP contribution < -0.4 is 5.32 Å². The summed E-state index contributed by atoms with van der Waals surface area (Å²) in [5.74, 6) is 0.725. The van der Waals surface area contributed by atoms with Crippen molar-refractivity contribution in [1.29, 1.82) is 0 Å². The fourth-order valence-electron chi connectivity index (χ4n) is 2.78. The molecule has 0 radical (unpaired) electrons. The van der Waals surface area contributed by atoms with E-state index >= 15 is 0 Å². The molecule has 0 bridgehead atoms. The maximum Gasteiger partial charge on any atom is 0.0310 e. The molecular weight excluding hydrogens is 158 g/mol. The van der Waals surface area contributed by atoms with E-state index in [0.29, 0.717) is 16.9 Å². The Balaban J connectivity index is 2.81. The largest absolute Gasteiger partial charge is 0.313 e.